The fourth-order valence-electron chi connectivity index (χ4n) is 4.10. The molecular formula is C24H32FN5O3. The van der Waals surface area contributed by atoms with Gasteiger partial charge in [-0.1, -0.05) is 18.2 Å². The van der Waals surface area contributed by atoms with Crippen LogP contribution in [0, 0.1) is 11.7 Å². The molecule has 8 nitrogen and oxygen atoms in total. The van der Waals surface area contributed by atoms with E-state index in [1.54, 1.807) is 11.1 Å². The van der Waals surface area contributed by atoms with Crippen molar-refractivity contribution < 1.29 is 18.7 Å². The van der Waals surface area contributed by atoms with Gasteiger partial charge in [0.1, 0.15) is 0 Å². The molecule has 1 aromatic heterocycles. The smallest absolute Gasteiger partial charge is 0.324 e. The monoisotopic (exact) mass is 457 g/mol. The van der Waals surface area contributed by atoms with Gasteiger partial charge in [0.25, 0.3) is 0 Å². The predicted molar refractivity (Wildman–Crippen MR) is 120 cm³/mol. The number of halogens is 1. The quantitative estimate of drug-likeness (QED) is 0.491. The van der Waals surface area contributed by atoms with E-state index >= 15 is 0 Å². The summed E-state index contributed by atoms with van der Waals surface area (Å²) >= 11 is 0. The topological polar surface area (TPSA) is 89.4 Å². The largest absolute Gasteiger partial charge is 0.490 e. The van der Waals surface area contributed by atoms with Crippen LogP contribution in [0.25, 0.3) is 0 Å². The second kappa shape index (κ2) is 10.8. The summed E-state index contributed by atoms with van der Waals surface area (Å²) in [6, 6.07) is 4.85. The molecule has 1 N–H and O–H groups in total. The summed E-state index contributed by atoms with van der Waals surface area (Å²) in [5.74, 6) is 0.547. The summed E-state index contributed by atoms with van der Waals surface area (Å²) < 4.78 is 21.9. The van der Waals surface area contributed by atoms with Crippen LogP contribution in [0.4, 0.5) is 9.18 Å². The fraction of sp³-hybridized carbons (Fsp3) is 0.583. The molecule has 2 fully saturated rings. The molecule has 2 aliphatic rings. The fourth-order valence-corrected chi connectivity index (χ4v) is 4.10. The van der Waals surface area contributed by atoms with Crippen LogP contribution in [-0.4, -0.2) is 51.5 Å². The van der Waals surface area contributed by atoms with E-state index in [4.69, 9.17) is 4.74 Å². The Hall–Kier alpha value is -2.97. The number of ether oxygens (including phenoxy) is 1. The molecule has 1 atom stereocenters. The number of unbranched alkanes of at least 4 members (excludes halogenated alkanes) is 1. The van der Waals surface area contributed by atoms with E-state index in [2.05, 4.69) is 22.6 Å². The molecule has 33 heavy (non-hydrogen) atoms. The van der Waals surface area contributed by atoms with Crippen molar-refractivity contribution in [3.63, 3.8) is 0 Å². The second-order valence-corrected chi connectivity index (χ2v) is 9.00. The van der Waals surface area contributed by atoms with Gasteiger partial charge in [-0.15, -0.1) is 5.10 Å². The molecule has 1 saturated heterocycles. The first-order valence-electron chi connectivity index (χ1n) is 11.9. The van der Waals surface area contributed by atoms with Crippen molar-refractivity contribution in [2.75, 3.05) is 19.7 Å². The average Bonchev–Trinajstić information content (AvgIpc) is 3.53. The predicted octanol–water partition coefficient (Wildman–Crippen LogP) is 3.66. The van der Waals surface area contributed by atoms with Crippen molar-refractivity contribution in [2.45, 2.75) is 64.3 Å². The summed E-state index contributed by atoms with van der Waals surface area (Å²) in [4.78, 5) is 24.8. The normalized spacial score (nSPS) is 17.2. The Morgan fingerprint density at radius 2 is 2.12 bits per heavy atom. The number of urea groups is 1. The minimum absolute atomic E-state index is 0.170. The zero-order valence-electron chi connectivity index (χ0n) is 19.1. The van der Waals surface area contributed by atoms with Gasteiger partial charge in [-0.25, -0.2) is 13.9 Å². The minimum Gasteiger partial charge on any atom is -0.490 e. The number of carbonyl (C=O) groups excluding carboxylic acids is 2. The summed E-state index contributed by atoms with van der Waals surface area (Å²) in [5, 5.41) is 10.7. The second-order valence-electron chi connectivity index (χ2n) is 9.00. The summed E-state index contributed by atoms with van der Waals surface area (Å²) in [6.45, 7) is 4.46. The van der Waals surface area contributed by atoms with Crippen LogP contribution in [0.5, 0.6) is 5.75 Å². The van der Waals surface area contributed by atoms with E-state index in [9.17, 15) is 14.0 Å². The Bertz CT molecular complexity index is 975. The van der Waals surface area contributed by atoms with Crippen LogP contribution in [0.2, 0.25) is 0 Å². The van der Waals surface area contributed by atoms with Gasteiger partial charge in [-0.3, -0.25) is 10.1 Å². The van der Waals surface area contributed by atoms with E-state index < -0.39 is 0 Å². The van der Waals surface area contributed by atoms with Crippen molar-refractivity contribution in [1.29, 1.82) is 0 Å². The van der Waals surface area contributed by atoms with E-state index in [1.807, 2.05) is 16.8 Å². The maximum atomic E-state index is 14.2. The SMILES string of the molecule is CC[C@@H](Cn1nncc1CCCCN1CCC(=O)NC1=O)c1ccc(F)c(OCC2CC2)c1. The lowest BCUT2D eigenvalue weighted by atomic mass is 9.96. The molecule has 1 aromatic carbocycles. The molecule has 2 aromatic rings. The number of hydrogen-bond donors (Lipinski definition) is 1. The lowest BCUT2D eigenvalue weighted by Crippen LogP contribution is -2.49. The number of carbonyl (C=O) groups is 2. The molecule has 1 aliphatic carbocycles. The molecule has 4 rings (SSSR count). The lowest BCUT2D eigenvalue weighted by molar-refractivity contribution is -0.121. The standard InChI is InChI=1S/C24H32FN5O3/c1-2-18(19-8-9-21(25)22(13-19)33-16-17-6-7-17)15-30-20(14-26-28-30)5-3-4-11-29-12-10-23(31)27-24(29)32/h8-9,13-14,17-18H,2-7,10-12,15-16H2,1H3,(H,27,31,32)/t18-/m0/s1. The third kappa shape index (κ3) is 6.30. The Kier molecular flexibility index (Phi) is 7.57. The maximum Gasteiger partial charge on any atom is 0.324 e. The summed E-state index contributed by atoms with van der Waals surface area (Å²) in [7, 11) is 0. The van der Waals surface area contributed by atoms with E-state index in [1.165, 1.54) is 18.9 Å². The van der Waals surface area contributed by atoms with Crippen molar-refractivity contribution in [1.82, 2.24) is 25.2 Å². The van der Waals surface area contributed by atoms with Crippen LogP contribution in [0.3, 0.4) is 0 Å². The van der Waals surface area contributed by atoms with Gasteiger partial charge in [0, 0.05) is 32.0 Å². The first-order chi connectivity index (χ1) is 16.0. The van der Waals surface area contributed by atoms with Crippen LogP contribution >= 0.6 is 0 Å². The van der Waals surface area contributed by atoms with Gasteiger partial charge in [-0.2, -0.15) is 0 Å². The zero-order valence-corrected chi connectivity index (χ0v) is 19.1. The van der Waals surface area contributed by atoms with Gasteiger partial charge in [0.15, 0.2) is 11.6 Å². The van der Waals surface area contributed by atoms with Crippen LogP contribution in [0.1, 0.15) is 62.6 Å². The lowest BCUT2D eigenvalue weighted by Gasteiger charge is -2.26. The molecule has 9 heteroatoms. The molecule has 178 valence electrons. The van der Waals surface area contributed by atoms with Crippen LogP contribution < -0.4 is 10.1 Å². The Labute approximate surface area is 193 Å². The molecule has 0 radical (unpaired) electrons. The Morgan fingerprint density at radius 1 is 1.27 bits per heavy atom. The van der Waals surface area contributed by atoms with Gasteiger partial charge in [0.05, 0.1) is 18.5 Å². The van der Waals surface area contributed by atoms with Gasteiger partial charge < -0.3 is 9.64 Å². The van der Waals surface area contributed by atoms with Crippen LogP contribution in [0.15, 0.2) is 24.4 Å². The molecule has 0 unspecified atom stereocenters. The molecule has 1 saturated carbocycles. The van der Waals surface area contributed by atoms with Crippen molar-refractivity contribution in [2.24, 2.45) is 5.92 Å². The Morgan fingerprint density at radius 3 is 2.88 bits per heavy atom. The molecular weight excluding hydrogens is 425 g/mol. The third-order valence-corrected chi connectivity index (χ3v) is 6.44. The van der Waals surface area contributed by atoms with E-state index in [-0.39, 0.29) is 23.7 Å². The molecule has 2 heterocycles. The third-order valence-electron chi connectivity index (χ3n) is 6.44. The average molecular weight is 458 g/mol. The molecule has 1 aliphatic heterocycles. The highest BCUT2D eigenvalue weighted by Gasteiger charge is 2.24. The molecule has 3 amide bonds. The highest BCUT2D eigenvalue weighted by Crippen LogP contribution is 2.32. The number of imide groups is 1. The van der Waals surface area contributed by atoms with Gasteiger partial charge in [0.2, 0.25) is 5.91 Å². The van der Waals surface area contributed by atoms with Crippen molar-refractivity contribution >= 4 is 11.9 Å². The highest BCUT2D eigenvalue weighted by atomic mass is 19.1. The number of nitrogens with zero attached hydrogens (tertiary/aromatic N) is 4. The van der Waals surface area contributed by atoms with Gasteiger partial charge >= 0.3 is 6.03 Å². The zero-order chi connectivity index (χ0) is 23.2. The minimum atomic E-state index is -0.317. The number of nitrogens with one attached hydrogen (secondary N) is 1. The molecule has 0 spiro atoms. The molecule has 0 bridgehead atoms. The summed E-state index contributed by atoms with van der Waals surface area (Å²) in [5.41, 5.74) is 2.08. The number of aryl methyl sites for hydroxylation is 1. The maximum absolute atomic E-state index is 14.2. The number of rotatable bonds is 12. The summed E-state index contributed by atoms with van der Waals surface area (Å²) in [6.07, 6.45) is 7.89. The van der Waals surface area contributed by atoms with Crippen molar-refractivity contribution in [3.05, 3.63) is 41.5 Å². The van der Waals surface area contributed by atoms with Crippen molar-refractivity contribution in [3.8, 4) is 5.75 Å². The van der Waals surface area contributed by atoms with Crippen LogP contribution in [-0.2, 0) is 17.8 Å². The Balaban J connectivity index is 1.30. The number of benzene rings is 1. The first kappa shape index (κ1) is 23.2. The number of hydrogen-bond acceptors (Lipinski definition) is 5. The van der Waals surface area contributed by atoms with Gasteiger partial charge in [-0.05, 0) is 62.1 Å². The number of aromatic nitrogens is 3. The number of amides is 3. The van der Waals surface area contributed by atoms with E-state index in [0.717, 1.165) is 36.9 Å². The van der Waals surface area contributed by atoms with E-state index in [0.29, 0.717) is 44.3 Å². The highest BCUT2D eigenvalue weighted by molar-refractivity contribution is 5.96. The first-order valence-corrected chi connectivity index (χ1v) is 11.9.